The predicted molar refractivity (Wildman–Crippen MR) is 89.1 cm³/mol. The molecule has 0 saturated heterocycles. The van der Waals surface area contributed by atoms with Crippen molar-refractivity contribution in [2.45, 2.75) is 26.7 Å². The molecule has 0 aliphatic carbocycles. The molecule has 0 aliphatic heterocycles. The SMILES string of the molecule is Cc1ccn2c(C(C)C#N)c(-c3ccc(Cl)c(C)c3)nc2c1. The molecule has 3 rings (SSSR count). The Balaban J connectivity index is 2.32. The fourth-order valence-electron chi connectivity index (χ4n) is 2.64. The van der Waals surface area contributed by atoms with Crippen LogP contribution < -0.4 is 0 Å². The van der Waals surface area contributed by atoms with Crippen molar-refractivity contribution in [2.24, 2.45) is 0 Å². The van der Waals surface area contributed by atoms with Gasteiger partial charge in [0.15, 0.2) is 0 Å². The van der Waals surface area contributed by atoms with Crippen LogP contribution in [0.3, 0.4) is 0 Å². The fourth-order valence-corrected chi connectivity index (χ4v) is 2.76. The van der Waals surface area contributed by atoms with Crippen LogP contribution in [0.1, 0.15) is 29.7 Å². The second kappa shape index (κ2) is 5.47. The largest absolute Gasteiger partial charge is 0.302 e. The quantitative estimate of drug-likeness (QED) is 0.675. The summed E-state index contributed by atoms with van der Waals surface area (Å²) in [4.78, 5) is 4.75. The maximum atomic E-state index is 9.38. The third-order valence-corrected chi connectivity index (χ3v) is 4.28. The van der Waals surface area contributed by atoms with Crippen molar-refractivity contribution in [2.75, 3.05) is 0 Å². The van der Waals surface area contributed by atoms with E-state index >= 15 is 0 Å². The molecule has 0 N–H and O–H groups in total. The monoisotopic (exact) mass is 309 g/mol. The van der Waals surface area contributed by atoms with Crippen LogP contribution in [0.2, 0.25) is 5.02 Å². The van der Waals surface area contributed by atoms with E-state index in [4.69, 9.17) is 16.6 Å². The van der Waals surface area contributed by atoms with Crippen molar-refractivity contribution in [3.63, 3.8) is 0 Å². The maximum Gasteiger partial charge on any atom is 0.137 e. The number of rotatable bonds is 2. The van der Waals surface area contributed by atoms with Crippen LogP contribution in [0.5, 0.6) is 0 Å². The molecule has 22 heavy (non-hydrogen) atoms. The molecule has 2 heterocycles. The molecule has 3 aromatic rings. The van der Waals surface area contributed by atoms with Gasteiger partial charge >= 0.3 is 0 Å². The molecular weight excluding hydrogens is 294 g/mol. The molecule has 2 aromatic heterocycles. The van der Waals surface area contributed by atoms with Crippen LogP contribution in [-0.4, -0.2) is 9.38 Å². The van der Waals surface area contributed by atoms with Gasteiger partial charge in [-0.15, -0.1) is 0 Å². The second-order valence-corrected chi connectivity index (χ2v) is 6.00. The van der Waals surface area contributed by atoms with Crippen molar-refractivity contribution in [3.8, 4) is 17.3 Å². The Hall–Kier alpha value is -2.31. The lowest BCUT2D eigenvalue weighted by molar-refractivity contribution is 0.899. The van der Waals surface area contributed by atoms with Crippen molar-refractivity contribution in [1.82, 2.24) is 9.38 Å². The van der Waals surface area contributed by atoms with Gasteiger partial charge in [-0.2, -0.15) is 5.26 Å². The summed E-state index contributed by atoms with van der Waals surface area (Å²) in [5.41, 5.74) is 5.76. The molecule has 110 valence electrons. The first-order chi connectivity index (χ1) is 10.5. The zero-order valence-electron chi connectivity index (χ0n) is 12.8. The summed E-state index contributed by atoms with van der Waals surface area (Å²) in [6.07, 6.45) is 1.98. The highest BCUT2D eigenvalue weighted by Gasteiger charge is 2.19. The second-order valence-electron chi connectivity index (χ2n) is 5.59. The van der Waals surface area contributed by atoms with Gasteiger partial charge in [0.1, 0.15) is 5.65 Å². The number of nitriles is 1. The van der Waals surface area contributed by atoms with E-state index in [9.17, 15) is 5.26 Å². The molecule has 1 atom stereocenters. The number of fused-ring (bicyclic) bond motifs is 1. The van der Waals surface area contributed by atoms with E-state index in [1.165, 1.54) is 0 Å². The van der Waals surface area contributed by atoms with Gasteiger partial charge in [0.05, 0.1) is 23.4 Å². The summed E-state index contributed by atoms with van der Waals surface area (Å²) in [6, 6.07) is 12.2. The van der Waals surface area contributed by atoms with E-state index in [2.05, 4.69) is 6.07 Å². The van der Waals surface area contributed by atoms with Gasteiger partial charge < -0.3 is 4.40 Å². The van der Waals surface area contributed by atoms with E-state index in [-0.39, 0.29) is 5.92 Å². The Morgan fingerprint density at radius 1 is 1.23 bits per heavy atom. The zero-order valence-corrected chi connectivity index (χ0v) is 13.5. The highest BCUT2D eigenvalue weighted by Crippen LogP contribution is 2.32. The highest BCUT2D eigenvalue weighted by molar-refractivity contribution is 6.31. The molecule has 3 nitrogen and oxygen atoms in total. The first kappa shape index (κ1) is 14.6. The Labute approximate surface area is 134 Å². The van der Waals surface area contributed by atoms with Gasteiger partial charge in [0.25, 0.3) is 0 Å². The smallest absolute Gasteiger partial charge is 0.137 e. The van der Waals surface area contributed by atoms with Crippen LogP contribution in [0.25, 0.3) is 16.9 Å². The number of imidazole rings is 1. The molecule has 0 bridgehead atoms. The van der Waals surface area contributed by atoms with Crippen molar-refractivity contribution in [1.29, 1.82) is 5.26 Å². The van der Waals surface area contributed by atoms with Gasteiger partial charge in [-0.05, 0) is 56.2 Å². The predicted octanol–water partition coefficient (Wildman–Crippen LogP) is 4.90. The van der Waals surface area contributed by atoms with E-state index in [0.29, 0.717) is 0 Å². The van der Waals surface area contributed by atoms with Crippen LogP contribution in [0.4, 0.5) is 0 Å². The number of aryl methyl sites for hydroxylation is 2. The summed E-state index contributed by atoms with van der Waals surface area (Å²) in [6.45, 7) is 5.91. The molecule has 1 aromatic carbocycles. The first-order valence-electron chi connectivity index (χ1n) is 7.16. The van der Waals surface area contributed by atoms with Crippen LogP contribution in [0, 0.1) is 25.2 Å². The summed E-state index contributed by atoms with van der Waals surface area (Å²) >= 11 is 6.12. The number of hydrogen-bond donors (Lipinski definition) is 0. The summed E-state index contributed by atoms with van der Waals surface area (Å²) in [7, 11) is 0. The molecule has 0 spiro atoms. The molecule has 0 amide bonds. The Kier molecular flexibility index (Phi) is 3.64. The fraction of sp³-hybridized carbons (Fsp3) is 0.222. The molecular formula is C18H16ClN3. The summed E-state index contributed by atoms with van der Waals surface area (Å²) in [5.74, 6) is -0.247. The average Bonchev–Trinajstić information content (AvgIpc) is 2.87. The number of halogens is 1. The standard InChI is InChI=1S/C18H16ClN3/c1-11-6-7-22-16(8-11)21-17(18(22)13(3)10-20)14-4-5-15(19)12(2)9-14/h4-9,13H,1-3H3. The number of aromatic nitrogens is 2. The number of nitrogens with zero attached hydrogens (tertiary/aromatic N) is 3. The van der Waals surface area contributed by atoms with E-state index in [0.717, 1.165) is 38.7 Å². The van der Waals surface area contributed by atoms with Gasteiger partial charge in [-0.3, -0.25) is 0 Å². The Bertz CT molecular complexity index is 903. The van der Waals surface area contributed by atoms with Gasteiger partial charge in [-0.1, -0.05) is 17.7 Å². The molecule has 0 aliphatic rings. The number of pyridine rings is 1. The molecule has 0 radical (unpaired) electrons. The van der Waals surface area contributed by atoms with E-state index in [1.807, 2.05) is 61.7 Å². The number of hydrogen-bond acceptors (Lipinski definition) is 2. The Morgan fingerprint density at radius 2 is 2.00 bits per heavy atom. The van der Waals surface area contributed by atoms with Crippen LogP contribution in [0.15, 0.2) is 36.5 Å². The minimum atomic E-state index is -0.247. The maximum absolute atomic E-state index is 9.38. The van der Waals surface area contributed by atoms with Crippen molar-refractivity contribution in [3.05, 3.63) is 58.4 Å². The zero-order chi connectivity index (χ0) is 15.9. The third kappa shape index (κ3) is 2.36. The first-order valence-corrected chi connectivity index (χ1v) is 7.54. The topological polar surface area (TPSA) is 41.1 Å². The molecule has 1 unspecified atom stereocenters. The number of benzene rings is 1. The van der Waals surface area contributed by atoms with E-state index in [1.54, 1.807) is 0 Å². The molecule has 0 fully saturated rings. The van der Waals surface area contributed by atoms with Gasteiger partial charge in [-0.25, -0.2) is 4.98 Å². The normalized spacial score (nSPS) is 12.3. The Morgan fingerprint density at radius 3 is 2.68 bits per heavy atom. The molecule has 0 saturated carbocycles. The van der Waals surface area contributed by atoms with Crippen molar-refractivity contribution >= 4 is 17.2 Å². The lowest BCUT2D eigenvalue weighted by Crippen LogP contribution is -1.98. The minimum absolute atomic E-state index is 0.247. The lowest BCUT2D eigenvalue weighted by atomic mass is 10.0. The molecule has 4 heteroatoms. The summed E-state index contributed by atoms with van der Waals surface area (Å²) in [5, 5.41) is 10.1. The average molecular weight is 310 g/mol. The van der Waals surface area contributed by atoms with Gasteiger partial charge in [0.2, 0.25) is 0 Å². The van der Waals surface area contributed by atoms with Crippen LogP contribution >= 0.6 is 11.6 Å². The van der Waals surface area contributed by atoms with Crippen molar-refractivity contribution < 1.29 is 0 Å². The minimum Gasteiger partial charge on any atom is -0.302 e. The lowest BCUT2D eigenvalue weighted by Gasteiger charge is -2.08. The summed E-state index contributed by atoms with van der Waals surface area (Å²) < 4.78 is 2.00. The third-order valence-electron chi connectivity index (χ3n) is 3.85. The highest BCUT2D eigenvalue weighted by atomic mass is 35.5. The van der Waals surface area contributed by atoms with E-state index < -0.39 is 0 Å². The van der Waals surface area contributed by atoms with Crippen LogP contribution in [-0.2, 0) is 0 Å². The van der Waals surface area contributed by atoms with Gasteiger partial charge in [0, 0.05) is 16.8 Å².